The fraction of sp³-hybridized carbons (Fsp3) is 1.00. The Bertz CT molecular complexity index is 200. The first kappa shape index (κ1) is 13.6. The average molecular weight is 255 g/mol. The van der Waals surface area contributed by atoms with Gasteiger partial charge < -0.3 is 9.41 Å². The number of hydrogen-bond donors (Lipinski definition) is 1. The van der Waals surface area contributed by atoms with Crippen LogP contribution < -0.4 is 4.98 Å². The van der Waals surface area contributed by atoms with Crippen LogP contribution in [0.1, 0.15) is 64.2 Å². The minimum Gasteiger partial charge on any atom is -0.409 e. The number of nitrogens with one attached hydrogen (secondary N) is 1. The van der Waals surface area contributed by atoms with Crippen molar-refractivity contribution in [3.63, 3.8) is 0 Å². The summed E-state index contributed by atoms with van der Waals surface area (Å²) < 4.78 is 5.74. The minimum absolute atomic E-state index is 0.781. The third kappa shape index (κ3) is 4.72. The topological polar surface area (TPSA) is 21.3 Å². The highest BCUT2D eigenvalue weighted by Crippen LogP contribution is 2.29. The van der Waals surface area contributed by atoms with Crippen LogP contribution in [0.3, 0.4) is 0 Å². The van der Waals surface area contributed by atoms with E-state index >= 15 is 0 Å². The summed E-state index contributed by atoms with van der Waals surface area (Å²) in [5, 5.41) is 0. The van der Waals surface area contributed by atoms with Crippen LogP contribution >= 0.6 is 0 Å². The summed E-state index contributed by atoms with van der Waals surface area (Å²) in [4.78, 5) is 3.85. The lowest BCUT2D eigenvalue weighted by molar-refractivity contribution is 0.357. The molecule has 0 radical (unpaired) electrons. The van der Waals surface area contributed by atoms with Gasteiger partial charge in [0.05, 0.1) is 0 Å². The summed E-state index contributed by atoms with van der Waals surface area (Å²) in [5.74, 6) is 1.02. The second-order valence-electron chi connectivity index (χ2n) is 5.95. The lowest BCUT2D eigenvalue weighted by Gasteiger charge is -2.27. The van der Waals surface area contributed by atoms with Gasteiger partial charge in [0, 0.05) is 13.2 Å². The molecule has 0 heterocycles. The summed E-state index contributed by atoms with van der Waals surface area (Å²) in [6, 6.07) is 2.13. The van der Waals surface area contributed by atoms with Crippen LogP contribution in [0, 0.1) is 5.92 Å². The molecule has 0 amide bonds. The smallest absolute Gasteiger partial charge is 0.252 e. The Balaban J connectivity index is 1.64. The molecular weight excluding hydrogens is 226 g/mol. The lowest BCUT2D eigenvalue weighted by atomic mass is 9.96. The van der Waals surface area contributed by atoms with Crippen LogP contribution in [-0.2, 0) is 4.43 Å². The van der Waals surface area contributed by atoms with Gasteiger partial charge in [-0.3, -0.25) is 0 Å². The Kier molecular flexibility index (Phi) is 6.02. The van der Waals surface area contributed by atoms with Crippen LogP contribution in [0.5, 0.6) is 0 Å². The van der Waals surface area contributed by atoms with Crippen molar-refractivity contribution in [1.29, 1.82) is 0 Å². The largest absolute Gasteiger partial charge is 0.409 e. The Morgan fingerprint density at radius 2 is 1.65 bits per heavy atom. The molecule has 0 aromatic rings. The quantitative estimate of drug-likeness (QED) is 0.735. The van der Waals surface area contributed by atoms with Gasteiger partial charge >= 0.3 is 0 Å². The first-order valence-corrected chi connectivity index (χ1v) is 9.54. The van der Waals surface area contributed by atoms with Crippen LogP contribution in [0.4, 0.5) is 0 Å². The van der Waals surface area contributed by atoms with Crippen molar-refractivity contribution in [3.8, 4) is 0 Å². The maximum Gasteiger partial charge on any atom is 0.252 e. The Morgan fingerprint density at radius 1 is 1.00 bits per heavy atom. The van der Waals surface area contributed by atoms with E-state index in [2.05, 4.69) is 4.98 Å². The zero-order chi connectivity index (χ0) is 11.9. The Hall–Kier alpha value is 0.137. The summed E-state index contributed by atoms with van der Waals surface area (Å²) in [6.07, 6.45) is 14.4. The second-order valence-corrected chi connectivity index (χ2v) is 8.31. The molecule has 2 aliphatic carbocycles. The van der Waals surface area contributed by atoms with Crippen LogP contribution in [0.25, 0.3) is 0 Å². The molecule has 17 heavy (non-hydrogen) atoms. The molecule has 1 atom stereocenters. The van der Waals surface area contributed by atoms with E-state index in [4.69, 9.17) is 4.43 Å². The van der Waals surface area contributed by atoms with Crippen molar-refractivity contribution in [3.05, 3.63) is 0 Å². The molecule has 1 N–H and O–H groups in total. The first-order chi connectivity index (χ1) is 8.38. The second kappa shape index (κ2) is 7.55. The van der Waals surface area contributed by atoms with Crippen molar-refractivity contribution in [1.82, 2.24) is 4.98 Å². The van der Waals surface area contributed by atoms with Crippen LogP contribution in [-0.4, -0.2) is 22.4 Å². The van der Waals surface area contributed by atoms with Gasteiger partial charge in [-0.1, -0.05) is 44.9 Å². The normalized spacial score (nSPS) is 25.2. The average Bonchev–Trinajstić information content (AvgIpc) is 2.89. The fourth-order valence-corrected chi connectivity index (χ4v) is 5.66. The summed E-state index contributed by atoms with van der Waals surface area (Å²) in [6.45, 7) is 0. The Morgan fingerprint density at radius 3 is 2.29 bits per heavy atom. The molecule has 0 aliphatic heterocycles. The predicted octanol–water partition coefficient (Wildman–Crippen LogP) is 3.36. The third-order valence-corrected chi connectivity index (χ3v) is 6.89. The van der Waals surface area contributed by atoms with Crippen LogP contribution in [0.2, 0.25) is 6.04 Å². The number of hydrogen-bond acceptors (Lipinski definition) is 2. The maximum absolute atomic E-state index is 5.74. The van der Waals surface area contributed by atoms with Gasteiger partial charge in [0.2, 0.25) is 0 Å². The van der Waals surface area contributed by atoms with Gasteiger partial charge in [0.1, 0.15) is 0 Å². The lowest BCUT2D eigenvalue weighted by Crippen LogP contribution is -2.44. The van der Waals surface area contributed by atoms with Gasteiger partial charge in [-0.05, 0) is 31.2 Å². The van der Waals surface area contributed by atoms with E-state index in [0.29, 0.717) is 0 Å². The summed E-state index contributed by atoms with van der Waals surface area (Å²) in [5.41, 5.74) is 0. The SMILES string of the molecule is CO[SiH](CCC1CCCC1)NC1CCCCC1. The highest BCUT2D eigenvalue weighted by molar-refractivity contribution is 6.48. The van der Waals surface area contributed by atoms with E-state index in [-0.39, 0.29) is 0 Å². The monoisotopic (exact) mass is 255 g/mol. The molecule has 2 rings (SSSR count). The molecule has 2 nitrogen and oxygen atoms in total. The molecule has 0 saturated heterocycles. The van der Waals surface area contributed by atoms with Crippen molar-refractivity contribution in [2.45, 2.75) is 76.3 Å². The van der Waals surface area contributed by atoms with Gasteiger partial charge in [-0.25, -0.2) is 0 Å². The molecule has 2 fully saturated rings. The van der Waals surface area contributed by atoms with E-state index in [1.807, 2.05) is 7.11 Å². The zero-order valence-electron chi connectivity index (χ0n) is 11.4. The van der Waals surface area contributed by atoms with Gasteiger partial charge in [-0.15, -0.1) is 0 Å². The van der Waals surface area contributed by atoms with Crippen molar-refractivity contribution < 1.29 is 4.43 Å². The predicted molar refractivity (Wildman–Crippen MR) is 75.5 cm³/mol. The van der Waals surface area contributed by atoms with Crippen molar-refractivity contribution in [2.75, 3.05) is 7.11 Å². The van der Waals surface area contributed by atoms with Crippen molar-refractivity contribution >= 4 is 9.20 Å². The molecular formula is C14H29NOSi. The molecule has 1 unspecified atom stereocenters. The molecule has 0 aromatic heterocycles. The van der Waals surface area contributed by atoms with Crippen molar-refractivity contribution in [2.24, 2.45) is 5.92 Å². The standard InChI is InChI=1S/C14H29NOSi/c1-16-17(12-11-13-7-5-6-8-13)15-14-9-3-2-4-10-14/h13-15,17H,2-12H2,1H3. The van der Waals surface area contributed by atoms with E-state index in [1.165, 1.54) is 70.3 Å². The molecule has 3 heteroatoms. The van der Waals surface area contributed by atoms with Gasteiger partial charge in [0.15, 0.2) is 0 Å². The van der Waals surface area contributed by atoms with E-state index in [1.54, 1.807) is 0 Å². The number of rotatable bonds is 6. The maximum atomic E-state index is 5.74. The zero-order valence-corrected chi connectivity index (χ0v) is 12.6. The van der Waals surface area contributed by atoms with E-state index < -0.39 is 9.20 Å². The van der Waals surface area contributed by atoms with Gasteiger partial charge in [-0.2, -0.15) is 0 Å². The first-order valence-electron chi connectivity index (χ1n) is 7.67. The molecule has 0 bridgehead atoms. The molecule has 2 saturated carbocycles. The van der Waals surface area contributed by atoms with Crippen LogP contribution in [0.15, 0.2) is 0 Å². The van der Waals surface area contributed by atoms with E-state index in [0.717, 1.165) is 12.0 Å². The summed E-state index contributed by atoms with van der Waals surface area (Å²) >= 11 is 0. The highest BCUT2D eigenvalue weighted by atomic mass is 28.3. The third-order valence-electron chi connectivity index (χ3n) is 4.62. The molecule has 0 spiro atoms. The Labute approximate surface area is 108 Å². The molecule has 100 valence electrons. The van der Waals surface area contributed by atoms with E-state index in [9.17, 15) is 0 Å². The molecule has 2 aliphatic rings. The minimum atomic E-state index is -1.09. The fourth-order valence-electron chi connectivity index (χ4n) is 3.49. The highest BCUT2D eigenvalue weighted by Gasteiger charge is 2.21. The summed E-state index contributed by atoms with van der Waals surface area (Å²) in [7, 11) is 0.826. The molecule has 0 aromatic carbocycles. The van der Waals surface area contributed by atoms with Gasteiger partial charge in [0.25, 0.3) is 9.20 Å².